The molecule has 0 aliphatic heterocycles. The van der Waals surface area contributed by atoms with Crippen molar-refractivity contribution in [3.8, 4) is 5.75 Å². The highest BCUT2D eigenvalue weighted by atomic mass is 19.1. The van der Waals surface area contributed by atoms with E-state index in [1.807, 2.05) is 0 Å². The van der Waals surface area contributed by atoms with Crippen molar-refractivity contribution in [2.45, 2.75) is 6.04 Å². The van der Waals surface area contributed by atoms with Crippen LogP contribution in [0.15, 0.2) is 12.1 Å². The molecule has 15 heavy (non-hydrogen) atoms. The van der Waals surface area contributed by atoms with Gasteiger partial charge in [-0.15, -0.1) is 0 Å². The Morgan fingerprint density at radius 2 is 1.93 bits per heavy atom. The molecule has 82 valence electrons. The number of phenols is 1. The first kappa shape index (κ1) is 11.4. The van der Waals surface area contributed by atoms with Crippen LogP contribution in [-0.4, -0.2) is 18.2 Å². The number of aromatic hydroxyl groups is 1. The maximum atomic E-state index is 13.2. The molecule has 1 unspecified atom stereocenters. The summed E-state index contributed by atoms with van der Waals surface area (Å²) in [5, 5.41) is 8.86. The summed E-state index contributed by atoms with van der Waals surface area (Å²) in [4.78, 5) is 11.0. The summed E-state index contributed by atoms with van der Waals surface area (Å²) in [6.07, 6.45) is 0. The van der Waals surface area contributed by atoms with E-state index in [-0.39, 0.29) is 0 Å². The van der Waals surface area contributed by atoms with Crippen LogP contribution in [0, 0.1) is 11.6 Å². The molecule has 0 bridgehead atoms. The van der Waals surface area contributed by atoms with Crippen LogP contribution in [0.4, 0.5) is 8.78 Å². The molecule has 1 rings (SSSR count). The Balaban J connectivity index is 3.19. The third-order valence-corrected chi connectivity index (χ3v) is 1.83. The summed E-state index contributed by atoms with van der Waals surface area (Å²) >= 11 is 0. The summed E-state index contributed by atoms with van der Waals surface area (Å²) in [7, 11) is 1.05. The number of benzene rings is 1. The number of hydrogen-bond donors (Lipinski definition) is 2. The molecule has 1 atom stereocenters. The van der Waals surface area contributed by atoms with Crippen molar-refractivity contribution < 1.29 is 23.4 Å². The lowest BCUT2D eigenvalue weighted by Gasteiger charge is -2.11. The SMILES string of the molecule is COC(=O)C(N)c1c(F)cc(O)cc1F. The average Bonchev–Trinajstić information content (AvgIpc) is 2.14. The molecule has 0 spiro atoms. The number of nitrogens with two attached hydrogens (primary N) is 1. The molecule has 6 heteroatoms. The number of carbonyl (C=O) groups is 1. The second kappa shape index (κ2) is 4.22. The first-order chi connectivity index (χ1) is 6.97. The molecule has 0 aromatic heterocycles. The van der Waals surface area contributed by atoms with E-state index in [0.717, 1.165) is 7.11 Å². The highest BCUT2D eigenvalue weighted by Crippen LogP contribution is 2.24. The van der Waals surface area contributed by atoms with E-state index < -0.39 is 35.0 Å². The molecule has 0 fully saturated rings. The highest BCUT2D eigenvalue weighted by molar-refractivity contribution is 5.77. The number of ether oxygens (including phenoxy) is 1. The largest absolute Gasteiger partial charge is 0.508 e. The van der Waals surface area contributed by atoms with Crippen LogP contribution in [0.5, 0.6) is 5.75 Å². The molecule has 0 saturated heterocycles. The van der Waals surface area contributed by atoms with Gasteiger partial charge in [-0.3, -0.25) is 4.79 Å². The molecule has 0 saturated carbocycles. The van der Waals surface area contributed by atoms with Crippen LogP contribution in [-0.2, 0) is 9.53 Å². The van der Waals surface area contributed by atoms with Crippen molar-refractivity contribution in [2.24, 2.45) is 5.73 Å². The minimum Gasteiger partial charge on any atom is -0.508 e. The zero-order chi connectivity index (χ0) is 11.6. The average molecular weight is 217 g/mol. The van der Waals surface area contributed by atoms with Gasteiger partial charge in [0.05, 0.1) is 12.7 Å². The Hall–Kier alpha value is -1.69. The molecule has 0 heterocycles. The van der Waals surface area contributed by atoms with E-state index >= 15 is 0 Å². The first-order valence-electron chi connectivity index (χ1n) is 3.98. The lowest BCUT2D eigenvalue weighted by atomic mass is 10.1. The smallest absolute Gasteiger partial charge is 0.327 e. The lowest BCUT2D eigenvalue weighted by Crippen LogP contribution is -2.24. The van der Waals surface area contributed by atoms with Crippen LogP contribution in [0.2, 0.25) is 0 Å². The van der Waals surface area contributed by atoms with Crippen molar-refractivity contribution in [2.75, 3.05) is 7.11 Å². The Morgan fingerprint density at radius 1 is 1.47 bits per heavy atom. The summed E-state index contributed by atoms with van der Waals surface area (Å²) in [5.41, 5.74) is 4.64. The van der Waals surface area contributed by atoms with E-state index in [9.17, 15) is 13.6 Å². The predicted molar refractivity (Wildman–Crippen MR) is 47.0 cm³/mol. The molecule has 3 N–H and O–H groups in total. The third kappa shape index (κ3) is 2.21. The minimum atomic E-state index is -1.55. The molecule has 1 aromatic rings. The number of phenolic OH excluding ortho intramolecular Hbond substituents is 1. The van der Waals surface area contributed by atoms with Gasteiger partial charge in [0.2, 0.25) is 0 Å². The fraction of sp³-hybridized carbons (Fsp3) is 0.222. The van der Waals surface area contributed by atoms with Crippen molar-refractivity contribution in [1.82, 2.24) is 0 Å². The number of rotatable bonds is 2. The Bertz CT molecular complexity index is 372. The van der Waals surface area contributed by atoms with Gasteiger partial charge in [-0.2, -0.15) is 0 Å². The monoisotopic (exact) mass is 217 g/mol. The minimum absolute atomic E-state index is 0.578. The Morgan fingerprint density at radius 3 is 2.33 bits per heavy atom. The first-order valence-corrected chi connectivity index (χ1v) is 3.98. The normalized spacial score (nSPS) is 12.3. The standard InChI is InChI=1S/C9H9F2NO3/c1-15-9(14)8(12)7-5(10)2-4(13)3-6(7)11/h2-3,8,13H,12H2,1H3. The predicted octanol–water partition coefficient (Wildman–Crippen LogP) is 0.843. The van der Waals surface area contributed by atoms with Gasteiger partial charge in [-0.1, -0.05) is 0 Å². The third-order valence-electron chi connectivity index (χ3n) is 1.83. The molecule has 0 aliphatic rings. The maximum Gasteiger partial charge on any atom is 0.327 e. The topological polar surface area (TPSA) is 72.5 Å². The van der Waals surface area contributed by atoms with Crippen LogP contribution in [0.3, 0.4) is 0 Å². The molecule has 0 radical (unpaired) electrons. The molecule has 0 amide bonds. The highest BCUT2D eigenvalue weighted by Gasteiger charge is 2.24. The number of halogens is 2. The van der Waals surface area contributed by atoms with Gasteiger partial charge in [-0.25, -0.2) is 8.78 Å². The van der Waals surface area contributed by atoms with Gasteiger partial charge in [-0.05, 0) is 0 Å². The number of methoxy groups -OCH3 is 1. The van der Waals surface area contributed by atoms with Crippen LogP contribution < -0.4 is 5.73 Å². The van der Waals surface area contributed by atoms with Crippen molar-refractivity contribution in [1.29, 1.82) is 0 Å². The lowest BCUT2D eigenvalue weighted by molar-refractivity contribution is -0.142. The number of hydrogen-bond acceptors (Lipinski definition) is 4. The summed E-state index contributed by atoms with van der Waals surface area (Å²) < 4.78 is 30.6. The van der Waals surface area contributed by atoms with Gasteiger partial charge in [0.1, 0.15) is 23.4 Å². The summed E-state index contributed by atoms with van der Waals surface area (Å²) in [6.45, 7) is 0. The molecule has 4 nitrogen and oxygen atoms in total. The quantitative estimate of drug-likeness (QED) is 0.720. The molecule has 1 aromatic carbocycles. The van der Waals surface area contributed by atoms with E-state index in [1.165, 1.54) is 0 Å². The second-order valence-electron chi connectivity index (χ2n) is 2.82. The number of esters is 1. The van der Waals surface area contributed by atoms with E-state index in [2.05, 4.69) is 4.74 Å². The molecular formula is C9H9F2NO3. The Labute approximate surface area is 84.3 Å². The zero-order valence-electron chi connectivity index (χ0n) is 7.83. The van der Waals surface area contributed by atoms with Gasteiger partial charge < -0.3 is 15.6 Å². The van der Waals surface area contributed by atoms with Crippen molar-refractivity contribution in [3.63, 3.8) is 0 Å². The van der Waals surface area contributed by atoms with E-state index in [1.54, 1.807) is 0 Å². The fourth-order valence-corrected chi connectivity index (χ4v) is 1.11. The molecular weight excluding hydrogens is 208 g/mol. The molecule has 0 aliphatic carbocycles. The fourth-order valence-electron chi connectivity index (χ4n) is 1.11. The summed E-state index contributed by atoms with van der Waals surface area (Å²) in [5.74, 6) is -3.72. The van der Waals surface area contributed by atoms with Crippen LogP contribution >= 0.6 is 0 Å². The number of carbonyl (C=O) groups excluding carboxylic acids is 1. The van der Waals surface area contributed by atoms with E-state index in [0.29, 0.717) is 12.1 Å². The van der Waals surface area contributed by atoms with Gasteiger partial charge in [0.25, 0.3) is 0 Å². The van der Waals surface area contributed by atoms with Gasteiger partial charge >= 0.3 is 5.97 Å². The maximum absolute atomic E-state index is 13.2. The summed E-state index contributed by atoms with van der Waals surface area (Å²) in [6, 6.07) is -0.210. The van der Waals surface area contributed by atoms with Crippen LogP contribution in [0.25, 0.3) is 0 Å². The van der Waals surface area contributed by atoms with Gasteiger partial charge in [0.15, 0.2) is 0 Å². The van der Waals surface area contributed by atoms with Crippen molar-refractivity contribution >= 4 is 5.97 Å². The Kier molecular flexibility index (Phi) is 3.21. The van der Waals surface area contributed by atoms with Crippen LogP contribution in [0.1, 0.15) is 11.6 Å². The zero-order valence-corrected chi connectivity index (χ0v) is 7.83. The van der Waals surface area contributed by atoms with E-state index in [4.69, 9.17) is 10.8 Å². The van der Waals surface area contributed by atoms with Gasteiger partial charge in [0, 0.05) is 12.1 Å². The van der Waals surface area contributed by atoms with Crippen molar-refractivity contribution in [3.05, 3.63) is 29.3 Å². The second-order valence-corrected chi connectivity index (χ2v) is 2.82.